The maximum atomic E-state index is 12.5. The van der Waals surface area contributed by atoms with Gasteiger partial charge in [0.15, 0.2) is 17.1 Å². The number of carbonyl (C=O) groups is 1. The van der Waals surface area contributed by atoms with E-state index in [9.17, 15) is 4.79 Å². The second kappa shape index (κ2) is 11.2. The second-order valence-electron chi connectivity index (χ2n) is 8.58. The standard InChI is InChI=1S/C25H31BrN4O2S/c1-15(2)19-7-10-21(11-8-19)32-18(6)24-28-29-25(30(24)16(3)4)33-14-23(31)27-22-12-9-20(26)13-17(22)5/h7-13,15-16,18H,14H2,1-6H3,(H,27,31). The van der Waals surface area contributed by atoms with Crippen LogP contribution in [0.1, 0.15) is 69.6 Å². The highest BCUT2D eigenvalue weighted by Crippen LogP contribution is 2.29. The number of hydrogen-bond acceptors (Lipinski definition) is 5. The van der Waals surface area contributed by atoms with Crippen molar-refractivity contribution in [2.45, 2.75) is 64.8 Å². The summed E-state index contributed by atoms with van der Waals surface area (Å²) in [4.78, 5) is 12.5. The van der Waals surface area contributed by atoms with Crippen LogP contribution in [0.15, 0.2) is 52.1 Å². The molecule has 1 heterocycles. The predicted molar refractivity (Wildman–Crippen MR) is 138 cm³/mol. The zero-order valence-corrected chi connectivity index (χ0v) is 22.3. The zero-order valence-electron chi connectivity index (χ0n) is 19.9. The first-order valence-corrected chi connectivity index (χ1v) is 12.8. The van der Waals surface area contributed by atoms with E-state index in [1.807, 2.05) is 48.7 Å². The maximum Gasteiger partial charge on any atom is 0.234 e. The Kier molecular flexibility index (Phi) is 8.59. The average molecular weight is 532 g/mol. The molecule has 0 aliphatic rings. The van der Waals surface area contributed by atoms with Gasteiger partial charge in [-0.2, -0.15) is 0 Å². The van der Waals surface area contributed by atoms with E-state index in [2.05, 4.69) is 71.3 Å². The van der Waals surface area contributed by atoms with Gasteiger partial charge in [0.05, 0.1) is 5.75 Å². The number of aromatic nitrogens is 3. The van der Waals surface area contributed by atoms with Crippen LogP contribution in [-0.4, -0.2) is 26.4 Å². The second-order valence-corrected chi connectivity index (χ2v) is 10.4. The van der Waals surface area contributed by atoms with Gasteiger partial charge in [-0.15, -0.1) is 10.2 Å². The van der Waals surface area contributed by atoms with Gasteiger partial charge in [-0.1, -0.05) is 53.7 Å². The van der Waals surface area contributed by atoms with E-state index in [4.69, 9.17) is 4.74 Å². The molecule has 0 aliphatic heterocycles. The number of halogens is 1. The number of amides is 1. The predicted octanol–water partition coefficient (Wildman–Crippen LogP) is 6.92. The average Bonchev–Trinajstić information content (AvgIpc) is 3.19. The topological polar surface area (TPSA) is 69.0 Å². The number of rotatable bonds is 9. The fourth-order valence-corrected chi connectivity index (χ4v) is 4.77. The number of carbonyl (C=O) groups excluding carboxylic acids is 1. The Morgan fingerprint density at radius 3 is 2.39 bits per heavy atom. The van der Waals surface area contributed by atoms with Crippen molar-refractivity contribution in [1.29, 1.82) is 0 Å². The molecule has 3 rings (SSSR count). The van der Waals surface area contributed by atoms with E-state index < -0.39 is 0 Å². The number of nitrogens with one attached hydrogen (secondary N) is 1. The molecule has 0 saturated heterocycles. The Balaban J connectivity index is 1.67. The van der Waals surface area contributed by atoms with Crippen LogP contribution in [0, 0.1) is 6.92 Å². The molecule has 8 heteroatoms. The first-order chi connectivity index (χ1) is 15.7. The molecule has 1 aromatic heterocycles. The largest absolute Gasteiger partial charge is 0.483 e. The Morgan fingerprint density at radius 1 is 1.09 bits per heavy atom. The molecular formula is C25H31BrN4O2S. The normalized spacial score (nSPS) is 12.3. The van der Waals surface area contributed by atoms with Crippen molar-refractivity contribution < 1.29 is 9.53 Å². The van der Waals surface area contributed by atoms with Gasteiger partial charge in [0, 0.05) is 16.2 Å². The van der Waals surface area contributed by atoms with Gasteiger partial charge < -0.3 is 14.6 Å². The third kappa shape index (κ3) is 6.60. The zero-order chi connectivity index (χ0) is 24.1. The fraction of sp³-hybridized carbons (Fsp3) is 0.400. The molecule has 0 spiro atoms. The van der Waals surface area contributed by atoms with Crippen LogP contribution in [-0.2, 0) is 4.79 Å². The summed E-state index contributed by atoms with van der Waals surface area (Å²) in [5, 5.41) is 12.4. The number of benzene rings is 2. The van der Waals surface area contributed by atoms with Crippen molar-refractivity contribution in [3.8, 4) is 5.75 Å². The van der Waals surface area contributed by atoms with E-state index in [-0.39, 0.29) is 23.8 Å². The molecule has 1 N–H and O–H groups in total. The molecular weight excluding hydrogens is 500 g/mol. The number of nitrogens with zero attached hydrogens (tertiary/aromatic N) is 3. The molecule has 33 heavy (non-hydrogen) atoms. The lowest BCUT2D eigenvalue weighted by molar-refractivity contribution is -0.113. The van der Waals surface area contributed by atoms with Crippen LogP contribution >= 0.6 is 27.7 Å². The Labute approximate surface area is 208 Å². The molecule has 176 valence electrons. The summed E-state index contributed by atoms with van der Waals surface area (Å²) >= 11 is 4.82. The van der Waals surface area contributed by atoms with Crippen LogP contribution in [0.5, 0.6) is 5.75 Å². The summed E-state index contributed by atoms with van der Waals surface area (Å²) in [6.07, 6.45) is -0.279. The summed E-state index contributed by atoms with van der Waals surface area (Å²) in [5.41, 5.74) is 3.08. The van der Waals surface area contributed by atoms with E-state index in [1.54, 1.807) is 0 Å². The van der Waals surface area contributed by atoms with Crippen molar-refractivity contribution in [1.82, 2.24) is 14.8 Å². The Bertz CT molecular complexity index is 1100. The van der Waals surface area contributed by atoms with E-state index in [0.29, 0.717) is 11.1 Å². The highest BCUT2D eigenvalue weighted by atomic mass is 79.9. The number of ether oxygens (including phenoxy) is 1. The van der Waals surface area contributed by atoms with Gasteiger partial charge >= 0.3 is 0 Å². The minimum atomic E-state index is -0.279. The molecule has 0 fully saturated rings. The molecule has 0 bridgehead atoms. The van der Waals surface area contributed by atoms with E-state index in [1.165, 1.54) is 17.3 Å². The van der Waals surface area contributed by atoms with Gasteiger partial charge in [0.2, 0.25) is 5.91 Å². The number of thioether (sulfide) groups is 1. The van der Waals surface area contributed by atoms with Gasteiger partial charge in [0.25, 0.3) is 0 Å². The molecule has 6 nitrogen and oxygen atoms in total. The third-order valence-electron chi connectivity index (χ3n) is 5.23. The van der Waals surface area contributed by atoms with Crippen molar-refractivity contribution in [2.75, 3.05) is 11.1 Å². The number of hydrogen-bond donors (Lipinski definition) is 1. The molecule has 1 unspecified atom stereocenters. The number of aryl methyl sites for hydroxylation is 1. The smallest absolute Gasteiger partial charge is 0.234 e. The molecule has 0 saturated carbocycles. The highest BCUT2D eigenvalue weighted by molar-refractivity contribution is 9.10. The van der Waals surface area contributed by atoms with Crippen molar-refractivity contribution in [3.63, 3.8) is 0 Å². The van der Waals surface area contributed by atoms with Crippen molar-refractivity contribution in [2.24, 2.45) is 0 Å². The molecule has 0 radical (unpaired) electrons. The van der Waals surface area contributed by atoms with Crippen LogP contribution < -0.4 is 10.1 Å². The Hall–Kier alpha value is -2.32. The molecule has 0 aliphatic carbocycles. The summed E-state index contributed by atoms with van der Waals surface area (Å²) < 4.78 is 9.17. The first kappa shape index (κ1) is 25.3. The van der Waals surface area contributed by atoms with Gasteiger partial charge in [0.1, 0.15) is 5.75 Å². The summed E-state index contributed by atoms with van der Waals surface area (Å²) in [7, 11) is 0. The van der Waals surface area contributed by atoms with Crippen molar-refractivity contribution in [3.05, 3.63) is 63.9 Å². The van der Waals surface area contributed by atoms with E-state index >= 15 is 0 Å². The fourth-order valence-electron chi connectivity index (χ4n) is 3.42. The summed E-state index contributed by atoms with van der Waals surface area (Å²) in [6, 6.07) is 14.1. The van der Waals surface area contributed by atoms with Crippen molar-refractivity contribution >= 4 is 39.3 Å². The van der Waals surface area contributed by atoms with Crippen LogP contribution in [0.4, 0.5) is 5.69 Å². The monoisotopic (exact) mass is 530 g/mol. The minimum Gasteiger partial charge on any atom is -0.483 e. The minimum absolute atomic E-state index is 0.0835. The summed E-state index contributed by atoms with van der Waals surface area (Å²) in [6.45, 7) is 12.4. The lowest BCUT2D eigenvalue weighted by atomic mass is 10.0. The number of anilines is 1. The van der Waals surface area contributed by atoms with Gasteiger partial charge in [-0.05, 0) is 75.1 Å². The SMILES string of the molecule is Cc1cc(Br)ccc1NC(=O)CSc1nnc(C(C)Oc2ccc(C(C)C)cc2)n1C(C)C. The Morgan fingerprint density at radius 2 is 1.79 bits per heavy atom. The summed E-state index contributed by atoms with van der Waals surface area (Å²) in [5.74, 6) is 2.17. The van der Waals surface area contributed by atoms with Crippen LogP contribution in [0.25, 0.3) is 0 Å². The molecule has 1 amide bonds. The van der Waals surface area contributed by atoms with Gasteiger partial charge in [-0.25, -0.2) is 0 Å². The highest BCUT2D eigenvalue weighted by Gasteiger charge is 2.22. The first-order valence-electron chi connectivity index (χ1n) is 11.1. The van der Waals surface area contributed by atoms with Crippen LogP contribution in [0.3, 0.4) is 0 Å². The van der Waals surface area contributed by atoms with Crippen LogP contribution in [0.2, 0.25) is 0 Å². The van der Waals surface area contributed by atoms with Gasteiger partial charge in [-0.3, -0.25) is 4.79 Å². The lowest BCUT2D eigenvalue weighted by Gasteiger charge is -2.19. The lowest BCUT2D eigenvalue weighted by Crippen LogP contribution is -2.17. The quantitative estimate of drug-likeness (QED) is 0.304. The molecule has 1 atom stereocenters. The third-order valence-corrected chi connectivity index (χ3v) is 6.66. The molecule has 2 aromatic carbocycles. The maximum absolute atomic E-state index is 12.5. The molecule has 3 aromatic rings. The van der Waals surface area contributed by atoms with E-state index in [0.717, 1.165) is 27.3 Å².